The summed E-state index contributed by atoms with van der Waals surface area (Å²) < 4.78 is 28.5. The van der Waals surface area contributed by atoms with Crippen LogP contribution in [0.2, 0.25) is 0 Å². The third kappa shape index (κ3) is 3.02. The van der Waals surface area contributed by atoms with E-state index in [9.17, 15) is 8.78 Å². The summed E-state index contributed by atoms with van der Waals surface area (Å²) in [5, 5.41) is 7.91. The number of fused-ring (bicyclic) bond motifs is 2. The van der Waals surface area contributed by atoms with Gasteiger partial charge in [-0.1, -0.05) is 6.08 Å². The van der Waals surface area contributed by atoms with Gasteiger partial charge in [0.25, 0.3) is 0 Å². The lowest BCUT2D eigenvalue weighted by molar-refractivity contribution is -0.0361. The van der Waals surface area contributed by atoms with Crippen molar-refractivity contribution in [2.24, 2.45) is 0 Å². The summed E-state index contributed by atoms with van der Waals surface area (Å²) >= 11 is 0. The predicted molar refractivity (Wildman–Crippen MR) is 103 cm³/mol. The van der Waals surface area contributed by atoms with E-state index in [0.29, 0.717) is 25.2 Å². The van der Waals surface area contributed by atoms with Crippen LogP contribution in [0.25, 0.3) is 11.2 Å². The molecule has 1 saturated carbocycles. The molecule has 6 nitrogen and oxygen atoms in total. The van der Waals surface area contributed by atoms with E-state index < -0.39 is 5.92 Å². The van der Waals surface area contributed by atoms with Gasteiger partial charge in [0.1, 0.15) is 0 Å². The SMILES string of the molecule is Cc1cnc2ccc(C3=CCc4nc(NC5CCC(F)(F)CC5)ncc43)nn12.[HH]. The van der Waals surface area contributed by atoms with Crippen LogP contribution in [0.1, 0.15) is 49.8 Å². The number of aromatic nitrogens is 5. The van der Waals surface area contributed by atoms with Crippen molar-refractivity contribution in [2.75, 3.05) is 5.32 Å². The van der Waals surface area contributed by atoms with Crippen LogP contribution in [0.15, 0.2) is 30.6 Å². The van der Waals surface area contributed by atoms with Crippen molar-refractivity contribution in [1.29, 1.82) is 0 Å². The number of nitrogens with zero attached hydrogens (tertiary/aromatic N) is 5. The maximum Gasteiger partial charge on any atom is 0.248 e. The number of halogens is 2. The first-order valence-electron chi connectivity index (χ1n) is 9.51. The molecule has 0 amide bonds. The molecule has 0 bridgehead atoms. The fourth-order valence-electron chi connectivity index (χ4n) is 3.92. The molecular formula is C20H22F2N6. The van der Waals surface area contributed by atoms with E-state index >= 15 is 0 Å². The van der Waals surface area contributed by atoms with Crippen molar-refractivity contribution in [3.05, 3.63) is 53.2 Å². The van der Waals surface area contributed by atoms with Crippen LogP contribution in [0, 0.1) is 6.92 Å². The summed E-state index contributed by atoms with van der Waals surface area (Å²) in [4.78, 5) is 13.4. The van der Waals surface area contributed by atoms with E-state index in [-0.39, 0.29) is 20.3 Å². The summed E-state index contributed by atoms with van der Waals surface area (Å²) in [6.45, 7) is 1.97. The van der Waals surface area contributed by atoms with Crippen LogP contribution < -0.4 is 5.32 Å². The normalized spacial score (nSPS) is 18.9. The van der Waals surface area contributed by atoms with Gasteiger partial charge < -0.3 is 5.32 Å². The van der Waals surface area contributed by atoms with Crippen molar-refractivity contribution in [1.82, 2.24) is 24.6 Å². The first-order valence-corrected chi connectivity index (χ1v) is 9.51. The lowest BCUT2D eigenvalue weighted by atomic mass is 9.92. The lowest BCUT2D eigenvalue weighted by Gasteiger charge is -2.28. The van der Waals surface area contributed by atoms with Crippen molar-refractivity contribution in [3.63, 3.8) is 0 Å². The molecule has 3 aromatic heterocycles. The zero-order valence-electron chi connectivity index (χ0n) is 15.5. The molecule has 0 atom stereocenters. The zero-order chi connectivity index (χ0) is 19.3. The number of nitrogens with one attached hydrogen (secondary N) is 1. The first-order chi connectivity index (χ1) is 13.5. The fraction of sp³-hybridized carbons (Fsp3) is 0.400. The highest BCUT2D eigenvalue weighted by Crippen LogP contribution is 2.35. The summed E-state index contributed by atoms with van der Waals surface area (Å²) in [7, 11) is 0. The summed E-state index contributed by atoms with van der Waals surface area (Å²) in [5.74, 6) is -2.02. The van der Waals surface area contributed by atoms with Gasteiger partial charge in [-0.15, -0.1) is 0 Å². The highest BCUT2D eigenvalue weighted by atomic mass is 19.3. The minimum absolute atomic E-state index is 0. The summed E-state index contributed by atoms with van der Waals surface area (Å²) in [5.41, 5.74) is 5.54. The fourth-order valence-corrected chi connectivity index (χ4v) is 3.92. The maximum atomic E-state index is 13.3. The molecular weight excluding hydrogens is 362 g/mol. The van der Waals surface area contributed by atoms with Gasteiger partial charge in [0, 0.05) is 44.1 Å². The van der Waals surface area contributed by atoms with Gasteiger partial charge in [-0.2, -0.15) is 5.10 Å². The molecule has 0 aromatic carbocycles. The smallest absolute Gasteiger partial charge is 0.248 e. The molecule has 0 radical (unpaired) electrons. The van der Waals surface area contributed by atoms with Gasteiger partial charge in [0.15, 0.2) is 5.65 Å². The second kappa shape index (κ2) is 6.32. The summed E-state index contributed by atoms with van der Waals surface area (Å²) in [6.07, 6.45) is 7.11. The standard InChI is InChI=1S/C20H20F2N6.H2/c1-12-10-23-18-5-4-17(27-28(12)18)14-2-3-16-15(14)11-24-19(26-16)25-13-6-8-20(21,22)9-7-13;/h2,4-5,10-11,13H,3,6-9H2,1H3,(H,24,25,26);1H. The van der Waals surface area contributed by atoms with Crippen LogP contribution in [0.5, 0.6) is 0 Å². The minimum atomic E-state index is -2.53. The molecule has 1 fully saturated rings. The second-order valence-corrected chi connectivity index (χ2v) is 7.54. The highest BCUT2D eigenvalue weighted by Gasteiger charge is 2.35. The van der Waals surface area contributed by atoms with Gasteiger partial charge in [0.05, 0.1) is 23.3 Å². The lowest BCUT2D eigenvalue weighted by Crippen LogP contribution is -2.32. The largest absolute Gasteiger partial charge is 0.351 e. The Morgan fingerprint density at radius 3 is 2.82 bits per heavy atom. The number of allylic oxidation sites excluding steroid dienone is 1. The Hall–Kier alpha value is -2.90. The third-order valence-corrected chi connectivity index (χ3v) is 5.52. The number of aryl methyl sites for hydroxylation is 1. The number of hydrogen-bond acceptors (Lipinski definition) is 5. The van der Waals surface area contributed by atoms with E-state index in [1.54, 1.807) is 12.4 Å². The molecule has 5 rings (SSSR count). The Morgan fingerprint density at radius 2 is 2.00 bits per heavy atom. The molecule has 0 spiro atoms. The molecule has 0 saturated heterocycles. The molecule has 146 valence electrons. The van der Waals surface area contributed by atoms with Crippen molar-refractivity contribution in [3.8, 4) is 0 Å². The molecule has 2 aliphatic carbocycles. The second-order valence-electron chi connectivity index (χ2n) is 7.54. The Morgan fingerprint density at radius 1 is 1.18 bits per heavy atom. The Labute approximate surface area is 162 Å². The van der Waals surface area contributed by atoms with Crippen LogP contribution in [-0.2, 0) is 6.42 Å². The molecule has 0 aliphatic heterocycles. The van der Waals surface area contributed by atoms with Crippen molar-refractivity contribution >= 4 is 17.2 Å². The van der Waals surface area contributed by atoms with Gasteiger partial charge in [0.2, 0.25) is 11.9 Å². The third-order valence-electron chi connectivity index (χ3n) is 5.52. The molecule has 1 N–H and O–H groups in total. The zero-order valence-corrected chi connectivity index (χ0v) is 15.5. The average molecular weight is 384 g/mol. The quantitative estimate of drug-likeness (QED) is 0.738. The molecule has 0 unspecified atom stereocenters. The Kier molecular flexibility index (Phi) is 3.89. The van der Waals surface area contributed by atoms with E-state index in [2.05, 4.69) is 31.4 Å². The van der Waals surface area contributed by atoms with Crippen LogP contribution in [-0.4, -0.2) is 36.5 Å². The van der Waals surface area contributed by atoms with E-state index in [4.69, 9.17) is 0 Å². The number of anilines is 1. The highest BCUT2D eigenvalue weighted by molar-refractivity contribution is 5.82. The molecule has 3 aromatic rings. The number of alkyl halides is 2. The van der Waals surface area contributed by atoms with Gasteiger partial charge >= 0.3 is 0 Å². The minimum Gasteiger partial charge on any atom is -0.351 e. The number of hydrogen-bond donors (Lipinski definition) is 1. The van der Waals surface area contributed by atoms with Crippen LogP contribution >= 0.6 is 0 Å². The molecule has 3 heterocycles. The molecule has 8 heteroatoms. The first kappa shape index (κ1) is 17.2. The van der Waals surface area contributed by atoms with Crippen LogP contribution in [0.3, 0.4) is 0 Å². The molecule has 2 aliphatic rings. The Bertz CT molecular complexity index is 1080. The van der Waals surface area contributed by atoms with E-state index in [1.807, 2.05) is 23.6 Å². The monoisotopic (exact) mass is 384 g/mol. The van der Waals surface area contributed by atoms with E-state index in [0.717, 1.165) is 33.9 Å². The topological polar surface area (TPSA) is 68.0 Å². The maximum absolute atomic E-state index is 13.3. The Balaban J connectivity index is 0.00000205. The van der Waals surface area contributed by atoms with Crippen molar-refractivity contribution < 1.29 is 10.2 Å². The predicted octanol–water partition coefficient (Wildman–Crippen LogP) is 4.05. The van der Waals surface area contributed by atoms with Crippen molar-refractivity contribution in [2.45, 2.75) is 51.0 Å². The van der Waals surface area contributed by atoms with Gasteiger partial charge in [-0.3, -0.25) is 0 Å². The average Bonchev–Trinajstić information content (AvgIpc) is 3.27. The van der Waals surface area contributed by atoms with Gasteiger partial charge in [-0.25, -0.2) is 28.2 Å². The summed E-state index contributed by atoms with van der Waals surface area (Å²) in [6, 6.07) is 3.90. The van der Waals surface area contributed by atoms with Gasteiger partial charge in [-0.05, 0) is 31.9 Å². The van der Waals surface area contributed by atoms with Crippen LogP contribution in [0.4, 0.5) is 14.7 Å². The number of rotatable bonds is 3. The number of imidazole rings is 1. The molecule has 28 heavy (non-hydrogen) atoms. The van der Waals surface area contributed by atoms with E-state index in [1.165, 1.54) is 0 Å².